The van der Waals surface area contributed by atoms with Crippen molar-refractivity contribution in [1.82, 2.24) is 14.9 Å². The van der Waals surface area contributed by atoms with Gasteiger partial charge in [0.15, 0.2) is 0 Å². The van der Waals surface area contributed by atoms with Gasteiger partial charge in [0.25, 0.3) is 5.69 Å². The minimum absolute atomic E-state index is 0. The van der Waals surface area contributed by atoms with Crippen LogP contribution < -0.4 is 10.0 Å². The van der Waals surface area contributed by atoms with E-state index in [2.05, 4.69) is 14.9 Å². The summed E-state index contributed by atoms with van der Waals surface area (Å²) in [6.07, 6.45) is 0.607. The van der Waals surface area contributed by atoms with Gasteiger partial charge < -0.3 is 10.2 Å². The minimum atomic E-state index is -3.98. The second kappa shape index (κ2) is 11.0. The molecule has 0 bridgehead atoms. The van der Waals surface area contributed by atoms with Crippen molar-refractivity contribution in [3.05, 3.63) is 33.6 Å². The van der Waals surface area contributed by atoms with E-state index in [1.54, 1.807) is 0 Å². The largest absolute Gasteiger partial charge is 0.314 e. The van der Waals surface area contributed by atoms with Gasteiger partial charge in [-0.1, -0.05) is 0 Å². The van der Waals surface area contributed by atoms with E-state index in [1.807, 2.05) is 0 Å². The van der Waals surface area contributed by atoms with Gasteiger partial charge >= 0.3 is 0 Å². The van der Waals surface area contributed by atoms with Gasteiger partial charge in [-0.15, -0.1) is 24.8 Å². The van der Waals surface area contributed by atoms with Crippen molar-refractivity contribution in [1.29, 1.82) is 0 Å². The maximum Gasteiger partial charge on any atom is 0.276 e. The van der Waals surface area contributed by atoms with E-state index in [0.717, 1.165) is 44.9 Å². The quantitative estimate of drug-likeness (QED) is 0.383. The highest BCUT2D eigenvalue weighted by atomic mass is 35.5. The van der Waals surface area contributed by atoms with Gasteiger partial charge in [-0.05, 0) is 26.0 Å². The lowest BCUT2D eigenvalue weighted by Crippen LogP contribution is -2.44. The van der Waals surface area contributed by atoms with Crippen LogP contribution in [0.4, 0.5) is 10.1 Å². The molecule has 0 aromatic heterocycles. The molecule has 26 heavy (non-hydrogen) atoms. The Hall–Kier alpha value is -1.04. The Labute approximate surface area is 164 Å². The second-order valence-corrected chi connectivity index (χ2v) is 7.42. The maximum absolute atomic E-state index is 13.8. The van der Waals surface area contributed by atoms with E-state index in [1.165, 1.54) is 6.92 Å². The molecule has 1 aliphatic rings. The van der Waals surface area contributed by atoms with E-state index in [9.17, 15) is 22.9 Å². The lowest BCUT2D eigenvalue weighted by Gasteiger charge is -2.27. The number of nitrogens with one attached hydrogen (secondary N) is 2. The molecule has 0 atom stereocenters. The molecule has 0 radical (unpaired) electrons. The molecule has 0 unspecified atom stereocenters. The first-order valence-electron chi connectivity index (χ1n) is 7.68. The van der Waals surface area contributed by atoms with Crippen molar-refractivity contribution >= 4 is 40.5 Å². The predicted molar refractivity (Wildman–Crippen MR) is 101 cm³/mol. The van der Waals surface area contributed by atoms with Gasteiger partial charge in [0.1, 0.15) is 5.82 Å². The van der Waals surface area contributed by atoms with Crippen LogP contribution in [-0.2, 0) is 10.0 Å². The summed E-state index contributed by atoms with van der Waals surface area (Å²) in [4.78, 5) is 11.9. The molecule has 1 aliphatic heterocycles. The van der Waals surface area contributed by atoms with E-state index in [0.29, 0.717) is 6.42 Å². The van der Waals surface area contributed by atoms with Crippen molar-refractivity contribution in [3.8, 4) is 0 Å². The van der Waals surface area contributed by atoms with Crippen LogP contribution in [0, 0.1) is 22.9 Å². The van der Waals surface area contributed by atoms with Crippen molar-refractivity contribution < 1.29 is 17.7 Å². The third-order valence-corrected chi connectivity index (χ3v) is 5.39. The summed E-state index contributed by atoms with van der Waals surface area (Å²) >= 11 is 0. The van der Waals surface area contributed by atoms with Crippen molar-refractivity contribution in [2.45, 2.75) is 18.2 Å². The molecule has 1 aromatic rings. The highest BCUT2D eigenvalue weighted by Crippen LogP contribution is 2.25. The molecule has 8 nitrogen and oxygen atoms in total. The Balaban J connectivity index is 0.00000312. The predicted octanol–water partition coefficient (Wildman–Crippen LogP) is 1.46. The minimum Gasteiger partial charge on any atom is -0.314 e. The lowest BCUT2D eigenvalue weighted by molar-refractivity contribution is -0.385. The normalized spacial score (nSPS) is 15.0. The Morgan fingerprint density at radius 2 is 1.92 bits per heavy atom. The molecule has 1 fully saturated rings. The number of hydrogen-bond acceptors (Lipinski definition) is 6. The molecular weight excluding hydrogens is 410 g/mol. The van der Waals surface area contributed by atoms with E-state index < -0.39 is 31.3 Å². The van der Waals surface area contributed by atoms with Crippen LogP contribution in [0.3, 0.4) is 0 Å². The van der Waals surface area contributed by atoms with Crippen molar-refractivity contribution in [2.75, 3.05) is 39.3 Å². The van der Waals surface area contributed by atoms with E-state index in [4.69, 9.17) is 0 Å². The zero-order valence-corrected chi connectivity index (χ0v) is 16.7. The van der Waals surface area contributed by atoms with Crippen LogP contribution >= 0.6 is 24.8 Å². The molecule has 1 saturated heterocycles. The summed E-state index contributed by atoms with van der Waals surface area (Å²) in [6, 6.07) is 1.69. The number of halogens is 3. The summed E-state index contributed by atoms with van der Waals surface area (Å²) < 4.78 is 40.5. The first-order chi connectivity index (χ1) is 11.3. The molecule has 0 aliphatic carbocycles. The standard InChI is InChI=1S/C14H21FN4O4S.2ClH/c1-11-13(15)9-12(10-14(11)19(20)21)24(22,23)17-3-2-6-18-7-4-16-5-8-18;;/h9-10,16-17H,2-8H2,1H3;2*1H. The second-order valence-electron chi connectivity index (χ2n) is 5.65. The van der Waals surface area contributed by atoms with Gasteiger partial charge in [0, 0.05) is 38.8 Å². The van der Waals surface area contributed by atoms with Crippen molar-refractivity contribution in [2.24, 2.45) is 0 Å². The summed E-state index contributed by atoms with van der Waals surface area (Å²) in [5.74, 6) is -0.912. The van der Waals surface area contributed by atoms with Gasteiger partial charge in [-0.2, -0.15) is 0 Å². The number of benzene rings is 1. The van der Waals surface area contributed by atoms with Crippen LogP contribution in [0.5, 0.6) is 0 Å². The highest BCUT2D eigenvalue weighted by molar-refractivity contribution is 7.89. The highest BCUT2D eigenvalue weighted by Gasteiger charge is 2.23. The monoisotopic (exact) mass is 432 g/mol. The van der Waals surface area contributed by atoms with Gasteiger partial charge in [0.2, 0.25) is 10.0 Å². The average molecular weight is 433 g/mol. The molecule has 1 aromatic carbocycles. The summed E-state index contributed by atoms with van der Waals surface area (Å²) in [5, 5.41) is 14.1. The fourth-order valence-electron chi connectivity index (χ4n) is 2.51. The van der Waals surface area contributed by atoms with Gasteiger partial charge in [0.05, 0.1) is 15.4 Å². The summed E-state index contributed by atoms with van der Waals surface area (Å²) in [6.45, 7) is 5.85. The number of hydrogen-bond donors (Lipinski definition) is 2. The first-order valence-corrected chi connectivity index (χ1v) is 9.17. The van der Waals surface area contributed by atoms with Crippen LogP contribution in [0.2, 0.25) is 0 Å². The van der Waals surface area contributed by atoms with E-state index >= 15 is 0 Å². The summed E-state index contributed by atoms with van der Waals surface area (Å²) in [5.41, 5.74) is -0.728. The Kier molecular flexibility index (Phi) is 10.5. The zero-order chi connectivity index (χ0) is 17.7. The van der Waals surface area contributed by atoms with Crippen LogP contribution in [-0.4, -0.2) is 57.5 Å². The van der Waals surface area contributed by atoms with Crippen molar-refractivity contribution in [3.63, 3.8) is 0 Å². The Morgan fingerprint density at radius 3 is 2.50 bits per heavy atom. The van der Waals surface area contributed by atoms with Crippen LogP contribution in [0.1, 0.15) is 12.0 Å². The number of nitro benzene ring substituents is 1. The Bertz CT molecular complexity index is 715. The van der Waals surface area contributed by atoms with Gasteiger partial charge in [-0.3, -0.25) is 10.1 Å². The molecule has 12 heteroatoms. The average Bonchev–Trinajstić information content (AvgIpc) is 2.54. The van der Waals surface area contributed by atoms with Crippen LogP contribution in [0.25, 0.3) is 0 Å². The molecule has 0 amide bonds. The molecule has 1 heterocycles. The first kappa shape index (κ1) is 25.0. The molecule has 2 rings (SSSR count). The van der Waals surface area contributed by atoms with Gasteiger partial charge in [-0.25, -0.2) is 17.5 Å². The molecule has 150 valence electrons. The molecule has 0 saturated carbocycles. The number of piperazine rings is 1. The lowest BCUT2D eigenvalue weighted by atomic mass is 10.2. The fourth-order valence-corrected chi connectivity index (χ4v) is 3.62. The van der Waals surface area contributed by atoms with E-state index in [-0.39, 0.29) is 36.9 Å². The zero-order valence-electron chi connectivity index (χ0n) is 14.2. The molecule has 2 N–H and O–H groups in total. The third-order valence-electron chi connectivity index (χ3n) is 3.95. The SMILES string of the molecule is Cc1c(F)cc(S(=O)(=O)NCCCN2CCNCC2)cc1[N+](=O)[O-].Cl.Cl. The number of nitro groups is 1. The van der Waals surface area contributed by atoms with Crippen LogP contribution in [0.15, 0.2) is 17.0 Å². The smallest absolute Gasteiger partial charge is 0.276 e. The number of sulfonamides is 1. The topological polar surface area (TPSA) is 105 Å². The third kappa shape index (κ3) is 6.60. The number of nitrogens with zero attached hydrogens (tertiary/aromatic N) is 2. The summed E-state index contributed by atoms with van der Waals surface area (Å²) in [7, 11) is -3.98. The Morgan fingerprint density at radius 1 is 1.31 bits per heavy atom. The molecule has 0 spiro atoms. The fraction of sp³-hybridized carbons (Fsp3) is 0.571. The number of rotatable bonds is 7. The maximum atomic E-state index is 13.8. The molecular formula is C14H23Cl2FN4O4S.